The highest BCUT2D eigenvalue weighted by Gasteiger charge is 2.12. The maximum Gasteiger partial charge on any atom is 0.339 e. The molecule has 0 heterocycles. The molecule has 0 aliphatic carbocycles. The van der Waals surface area contributed by atoms with E-state index in [1.165, 1.54) is 12.1 Å². The van der Waals surface area contributed by atoms with Crippen LogP contribution in [0, 0.1) is 13.8 Å². The zero-order valence-electron chi connectivity index (χ0n) is 10.3. The molecule has 2 N–H and O–H groups in total. The first-order valence-corrected chi connectivity index (χ1v) is 5.63. The summed E-state index contributed by atoms with van der Waals surface area (Å²) < 4.78 is 0. The average molecular weight is 242 g/mol. The van der Waals surface area contributed by atoms with Gasteiger partial charge < -0.3 is 10.2 Å². The van der Waals surface area contributed by atoms with E-state index in [9.17, 15) is 9.90 Å². The van der Waals surface area contributed by atoms with Crippen LogP contribution in [0.25, 0.3) is 11.1 Å². The molecule has 2 rings (SSSR count). The third-order valence-corrected chi connectivity index (χ3v) is 2.93. The van der Waals surface area contributed by atoms with Crippen LogP contribution in [0.2, 0.25) is 0 Å². The van der Waals surface area contributed by atoms with Crippen molar-refractivity contribution in [2.75, 3.05) is 0 Å². The predicted molar refractivity (Wildman–Crippen MR) is 70.0 cm³/mol. The molecule has 92 valence electrons. The lowest BCUT2D eigenvalue weighted by Crippen LogP contribution is -1.97. The van der Waals surface area contributed by atoms with Crippen LogP contribution < -0.4 is 0 Å². The molecule has 2 aromatic carbocycles. The number of rotatable bonds is 2. The van der Waals surface area contributed by atoms with Gasteiger partial charge in [-0.05, 0) is 42.7 Å². The lowest BCUT2D eigenvalue weighted by Gasteiger charge is -2.09. The lowest BCUT2D eigenvalue weighted by molar-refractivity contribution is 0.0694. The Morgan fingerprint density at radius 2 is 1.78 bits per heavy atom. The van der Waals surface area contributed by atoms with Gasteiger partial charge in [0, 0.05) is 0 Å². The molecule has 0 aliphatic heterocycles. The third kappa shape index (κ3) is 2.20. The number of carbonyl (C=O) groups is 1. The molecule has 0 radical (unpaired) electrons. The van der Waals surface area contributed by atoms with Crippen molar-refractivity contribution in [1.82, 2.24) is 0 Å². The van der Waals surface area contributed by atoms with Crippen LogP contribution >= 0.6 is 0 Å². The van der Waals surface area contributed by atoms with Crippen molar-refractivity contribution in [2.24, 2.45) is 0 Å². The van der Waals surface area contributed by atoms with Crippen LogP contribution in [0.1, 0.15) is 21.5 Å². The van der Waals surface area contributed by atoms with Gasteiger partial charge in [0.15, 0.2) is 0 Å². The predicted octanol–water partition coefficient (Wildman–Crippen LogP) is 3.37. The minimum Gasteiger partial charge on any atom is -0.507 e. The normalized spacial score (nSPS) is 10.3. The van der Waals surface area contributed by atoms with Crippen molar-refractivity contribution in [2.45, 2.75) is 13.8 Å². The second kappa shape index (κ2) is 4.53. The molecular weight excluding hydrogens is 228 g/mol. The van der Waals surface area contributed by atoms with E-state index in [4.69, 9.17) is 5.11 Å². The largest absolute Gasteiger partial charge is 0.507 e. The fourth-order valence-electron chi connectivity index (χ4n) is 1.92. The molecule has 0 unspecified atom stereocenters. The number of phenols is 1. The van der Waals surface area contributed by atoms with Gasteiger partial charge in [-0.15, -0.1) is 0 Å². The quantitative estimate of drug-likeness (QED) is 0.848. The first kappa shape index (κ1) is 12.2. The fourth-order valence-corrected chi connectivity index (χ4v) is 1.92. The number of benzene rings is 2. The van der Waals surface area contributed by atoms with E-state index in [-0.39, 0.29) is 11.3 Å². The summed E-state index contributed by atoms with van der Waals surface area (Å²) in [6, 6.07) is 10.7. The SMILES string of the molecule is Cc1ccc(C)c(-c2ccc(O)c(C(=O)O)c2)c1. The fraction of sp³-hybridized carbons (Fsp3) is 0.133. The Kier molecular flexibility index (Phi) is 3.06. The second-order valence-electron chi connectivity index (χ2n) is 4.36. The molecule has 3 heteroatoms. The first-order valence-electron chi connectivity index (χ1n) is 5.63. The summed E-state index contributed by atoms with van der Waals surface area (Å²) in [5.41, 5.74) is 3.89. The number of aromatic hydroxyl groups is 1. The van der Waals surface area contributed by atoms with Gasteiger partial charge >= 0.3 is 5.97 Å². The summed E-state index contributed by atoms with van der Waals surface area (Å²) in [4.78, 5) is 11.0. The van der Waals surface area contributed by atoms with Gasteiger partial charge in [0.1, 0.15) is 11.3 Å². The van der Waals surface area contributed by atoms with Crippen molar-refractivity contribution in [1.29, 1.82) is 0 Å². The molecule has 0 amide bonds. The molecule has 0 saturated heterocycles. The molecule has 0 fully saturated rings. The van der Waals surface area contributed by atoms with Crippen molar-refractivity contribution < 1.29 is 15.0 Å². The van der Waals surface area contributed by atoms with E-state index in [2.05, 4.69) is 0 Å². The minimum atomic E-state index is -1.13. The van der Waals surface area contributed by atoms with Crippen LogP contribution in [-0.2, 0) is 0 Å². The molecule has 18 heavy (non-hydrogen) atoms. The van der Waals surface area contributed by atoms with Crippen LogP contribution in [0.3, 0.4) is 0 Å². The highest BCUT2D eigenvalue weighted by atomic mass is 16.4. The Bertz CT molecular complexity index is 615. The minimum absolute atomic E-state index is 0.0755. The van der Waals surface area contributed by atoms with Crippen LogP contribution in [0.15, 0.2) is 36.4 Å². The molecule has 0 saturated carbocycles. The van der Waals surface area contributed by atoms with Crippen LogP contribution in [-0.4, -0.2) is 16.2 Å². The smallest absolute Gasteiger partial charge is 0.339 e. The standard InChI is InChI=1S/C15H14O3/c1-9-3-4-10(2)12(7-9)11-5-6-14(16)13(8-11)15(17)18/h3-8,16H,1-2H3,(H,17,18). The van der Waals surface area contributed by atoms with Gasteiger partial charge in [-0.1, -0.05) is 29.8 Å². The Balaban J connectivity index is 2.61. The number of aromatic carboxylic acids is 1. The van der Waals surface area contributed by atoms with Crippen LogP contribution in [0.5, 0.6) is 5.75 Å². The van der Waals surface area contributed by atoms with E-state index in [1.807, 2.05) is 32.0 Å². The Hall–Kier alpha value is -2.29. The average Bonchev–Trinajstić information content (AvgIpc) is 2.33. The number of carboxylic acids is 1. The van der Waals surface area contributed by atoms with Crippen molar-refractivity contribution in [3.05, 3.63) is 53.1 Å². The van der Waals surface area contributed by atoms with Crippen LogP contribution in [0.4, 0.5) is 0 Å². The van der Waals surface area contributed by atoms with Gasteiger partial charge in [-0.3, -0.25) is 0 Å². The number of aryl methyl sites for hydroxylation is 2. The van der Waals surface area contributed by atoms with Gasteiger partial charge in [0.2, 0.25) is 0 Å². The monoisotopic (exact) mass is 242 g/mol. The maximum atomic E-state index is 11.0. The van der Waals surface area contributed by atoms with E-state index < -0.39 is 5.97 Å². The Labute approximate surface area is 105 Å². The molecule has 0 bridgehead atoms. The summed E-state index contributed by atoms with van der Waals surface area (Å²) in [7, 11) is 0. The number of hydrogen-bond donors (Lipinski definition) is 2. The zero-order valence-corrected chi connectivity index (χ0v) is 10.3. The van der Waals surface area contributed by atoms with Gasteiger partial charge in [0.05, 0.1) is 0 Å². The highest BCUT2D eigenvalue weighted by molar-refractivity contribution is 5.92. The summed E-state index contributed by atoms with van der Waals surface area (Å²) in [5, 5.41) is 18.5. The third-order valence-electron chi connectivity index (χ3n) is 2.93. The lowest BCUT2D eigenvalue weighted by atomic mass is 9.97. The van der Waals surface area contributed by atoms with E-state index in [0.717, 1.165) is 22.3 Å². The molecule has 0 atom stereocenters. The van der Waals surface area contributed by atoms with Gasteiger partial charge in [-0.2, -0.15) is 0 Å². The van der Waals surface area contributed by atoms with Gasteiger partial charge in [0.25, 0.3) is 0 Å². The van der Waals surface area contributed by atoms with E-state index in [1.54, 1.807) is 6.07 Å². The van der Waals surface area contributed by atoms with Crippen molar-refractivity contribution >= 4 is 5.97 Å². The zero-order chi connectivity index (χ0) is 13.3. The maximum absolute atomic E-state index is 11.0. The highest BCUT2D eigenvalue weighted by Crippen LogP contribution is 2.28. The number of hydrogen-bond acceptors (Lipinski definition) is 2. The topological polar surface area (TPSA) is 57.5 Å². The summed E-state index contributed by atoms with van der Waals surface area (Å²) in [6.07, 6.45) is 0. The molecule has 0 spiro atoms. The Morgan fingerprint density at radius 3 is 2.44 bits per heavy atom. The summed E-state index contributed by atoms with van der Waals surface area (Å²) in [5.74, 6) is -1.34. The molecule has 3 nitrogen and oxygen atoms in total. The van der Waals surface area contributed by atoms with Crippen molar-refractivity contribution in [3.63, 3.8) is 0 Å². The summed E-state index contributed by atoms with van der Waals surface area (Å²) >= 11 is 0. The van der Waals surface area contributed by atoms with Gasteiger partial charge in [-0.25, -0.2) is 4.79 Å². The molecular formula is C15H14O3. The molecule has 2 aromatic rings. The molecule has 0 aromatic heterocycles. The molecule has 0 aliphatic rings. The Morgan fingerprint density at radius 1 is 1.06 bits per heavy atom. The summed E-state index contributed by atoms with van der Waals surface area (Å²) in [6.45, 7) is 3.96. The van der Waals surface area contributed by atoms with E-state index >= 15 is 0 Å². The second-order valence-corrected chi connectivity index (χ2v) is 4.36. The van der Waals surface area contributed by atoms with E-state index in [0.29, 0.717) is 0 Å². The number of carboxylic acid groups (broad SMARTS) is 1. The first-order chi connectivity index (χ1) is 8.49. The van der Waals surface area contributed by atoms with Crippen molar-refractivity contribution in [3.8, 4) is 16.9 Å².